The molecule has 0 radical (unpaired) electrons. The SMILES string of the molecule is C=C1/C=C\C/C=C\CC2=C(O1)C1=C(CC2)C(C)(C)c2cc(C)ccc2O1. The fraction of sp³-hybridized carbons (Fsp3) is 0.333. The maximum absolute atomic E-state index is 6.42. The first-order valence-corrected chi connectivity index (χ1v) is 9.40. The topological polar surface area (TPSA) is 18.5 Å². The van der Waals surface area contributed by atoms with E-state index in [1.807, 2.05) is 6.08 Å². The van der Waals surface area contributed by atoms with Crippen molar-refractivity contribution in [2.45, 2.75) is 51.9 Å². The highest BCUT2D eigenvalue weighted by molar-refractivity contribution is 5.55. The van der Waals surface area contributed by atoms with Crippen LogP contribution in [-0.2, 0) is 10.2 Å². The molecule has 1 aromatic carbocycles. The van der Waals surface area contributed by atoms with Gasteiger partial charge in [0.15, 0.2) is 11.5 Å². The summed E-state index contributed by atoms with van der Waals surface area (Å²) in [6, 6.07) is 6.44. The molecule has 4 rings (SSSR count). The number of ether oxygens (including phenoxy) is 2. The van der Waals surface area contributed by atoms with Crippen LogP contribution in [0.3, 0.4) is 0 Å². The first-order valence-electron chi connectivity index (χ1n) is 9.40. The van der Waals surface area contributed by atoms with Crippen LogP contribution in [0.15, 0.2) is 77.5 Å². The van der Waals surface area contributed by atoms with Gasteiger partial charge in [-0.3, -0.25) is 0 Å². The van der Waals surface area contributed by atoms with Crippen LogP contribution in [0.4, 0.5) is 0 Å². The standard InChI is InChI=1S/C24H26O2/c1-16-11-14-21-20(15-16)24(3,4)19-13-12-18-10-8-6-5-7-9-17(2)25-22(18)23(19)26-21/h6-9,11,14-15H,2,5,10,12-13H2,1,3-4H3/b8-6-,9-7-. The van der Waals surface area contributed by atoms with Crippen molar-refractivity contribution < 1.29 is 9.47 Å². The Morgan fingerprint density at radius 3 is 2.69 bits per heavy atom. The summed E-state index contributed by atoms with van der Waals surface area (Å²) in [5.74, 6) is 3.37. The summed E-state index contributed by atoms with van der Waals surface area (Å²) in [4.78, 5) is 0. The van der Waals surface area contributed by atoms with Gasteiger partial charge in [0.2, 0.25) is 0 Å². The van der Waals surface area contributed by atoms with E-state index < -0.39 is 0 Å². The van der Waals surface area contributed by atoms with E-state index in [1.54, 1.807) is 0 Å². The summed E-state index contributed by atoms with van der Waals surface area (Å²) in [7, 11) is 0. The quantitative estimate of drug-likeness (QED) is 0.506. The van der Waals surface area contributed by atoms with Crippen molar-refractivity contribution in [2.75, 3.05) is 0 Å². The zero-order valence-corrected chi connectivity index (χ0v) is 15.9. The minimum Gasteiger partial charge on any atom is -0.454 e. The van der Waals surface area contributed by atoms with Crippen LogP contribution in [0, 0.1) is 6.92 Å². The molecule has 0 bridgehead atoms. The van der Waals surface area contributed by atoms with Crippen LogP contribution < -0.4 is 4.74 Å². The zero-order valence-electron chi connectivity index (χ0n) is 15.9. The molecule has 3 aliphatic rings. The Kier molecular flexibility index (Phi) is 4.14. The molecule has 1 aliphatic carbocycles. The normalized spacial score (nSPS) is 23.9. The van der Waals surface area contributed by atoms with E-state index in [1.165, 1.54) is 22.3 Å². The molecule has 0 N–H and O–H groups in total. The Labute approximate surface area is 156 Å². The van der Waals surface area contributed by atoms with E-state index in [-0.39, 0.29) is 5.41 Å². The van der Waals surface area contributed by atoms with Gasteiger partial charge in [-0.05, 0) is 55.9 Å². The predicted octanol–water partition coefficient (Wildman–Crippen LogP) is 6.40. The van der Waals surface area contributed by atoms with Crippen molar-refractivity contribution in [2.24, 2.45) is 0 Å². The Bertz CT molecular complexity index is 891. The lowest BCUT2D eigenvalue weighted by molar-refractivity contribution is 0.255. The molecule has 0 saturated heterocycles. The molecule has 2 aliphatic heterocycles. The van der Waals surface area contributed by atoms with Gasteiger partial charge in [-0.25, -0.2) is 0 Å². The fourth-order valence-corrected chi connectivity index (χ4v) is 4.08. The van der Waals surface area contributed by atoms with E-state index in [4.69, 9.17) is 9.47 Å². The van der Waals surface area contributed by atoms with E-state index in [0.717, 1.165) is 43.0 Å². The Morgan fingerprint density at radius 1 is 1.00 bits per heavy atom. The molecule has 0 fully saturated rings. The second kappa shape index (κ2) is 6.35. The van der Waals surface area contributed by atoms with Crippen molar-refractivity contribution in [1.82, 2.24) is 0 Å². The third-order valence-electron chi connectivity index (χ3n) is 5.59. The predicted molar refractivity (Wildman–Crippen MR) is 106 cm³/mol. The lowest BCUT2D eigenvalue weighted by atomic mass is 9.71. The van der Waals surface area contributed by atoms with Crippen LogP contribution in [0.25, 0.3) is 0 Å². The molecule has 0 aromatic heterocycles. The van der Waals surface area contributed by atoms with Crippen LogP contribution in [0.2, 0.25) is 0 Å². The number of allylic oxidation sites excluding steroid dienone is 6. The van der Waals surface area contributed by atoms with E-state index in [0.29, 0.717) is 5.76 Å². The van der Waals surface area contributed by atoms with E-state index in [9.17, 15) is 0 Å². The lowest BCUT2D eigenvalue weighted by Crippen LogP contribution is -2.31. The number of hydrogen-bond acceptors (Lipinski definition) is 2. The molecule has 0 saturated carbocycles. The smallest absolute Gasteiger partial charge is 0.170 e. The number of hydrogen-bond donors (Lipinski definition) is 0. The largest absolute Gasteiger partial charge is 0.454 e. The minimum atomic E-state index is -0.0703. The summed E-state index contributed by atoms with van der Waals surface area (Å²) in [6.45, 7) is 10.8. The summed E-state index contributed by atoms with van der Waals surface area (Å²) in [6.07, 6.45) is 12.3. The average molecular weight is 346 g/mol. The summed E-state index contributed by atoms with van der Waals surface area (Å²) < 4.78 is 12.6. The van der Waals surface area contributed by atoms with Crippen LogP contribution >= 0.6 is 0 Å². The third kappa shape index (κ3) is 2.84. The monoisotopic (exact) mass is 346 g/mol. The van der Waals surface area contributed by atoms with Gasteiger partial charge >= 0.3 is 0 Å². The minimum absolute atomic E-state index is 0.0703. The van der Waals surface area contributed by atoms with Crippen molar-refractivity contribution >= 4 is 0 Å². The number of fused-ring (bicyclic) bond motifs is 2. The summed E-state index contributed by atoms with van der Waals surface area (Å²) in [5, 5.41) is 0. The first-order chi connectivity index (χ1) is 12.5. The molecule has 0 amide bonds. The Morgan fingerprint density at radius 2 is 1.85 bits per heavy atom. The van der Waals surface area contributed by atoms with Crippen molar-refractivity contribution in [3.05, 3.63) is 88.6 Å². The Hall–Kier alpha value is -2.48. The van der Waals surface area contributed by atoms with Crippen LogP contribution in [0.1, 0.15) is 50.7 Å². The Balaban J connectivity index is 1.84. The highest BCUT2D eigenvalue weighted by atomic mass is 16.5. The van der Waals surface area contributed by atoms with Gasteiger partial charge < -0.3 is 9.47 Å². The second-order valence-corrected chi connectivity index (χ2v) is 7.85. The van der Waals surface area contributed by atoms with Crippen molar-refractivity contribution in [3.63, 3.8) is 0 Å². The molecule has 2 heterocycles. The van der Waals surface area contributed by atoms with Gasteiger partial charge in [0, 0.05) is 11.0 Å². The number of rotatable bonds is 0. The fourth-order valence-electron chi connectivity index (χ4n) is 4.08. The number of benzene rings is 1. The highest BCUT2D eigenvalue weighted by Crippen LogP contribution is 2.50. The van der Waals surface area contributed by atoms with Gasteiger partial charge in [0.05, 0.1) is 0 Å². The highest BCUT2D eigenvalue weighted by Gasteiger charge is 2.40. The maximum atomic E-state index is 6.42. The molecule has 0 unspecified atom stereocenters. The first kappa shape index (κ1) is 17.0. The molecule has 2 heteroatoms. The molecule has 1 aromatic rings. The average Bonchev–Trinajstić information content (AvgIpc) is 2.60. The van der Waals surface area contributed by atoms with Gasteiger partial charge in [-0.2, -0.15) is 0 Å². The molecule has 0 spiro atoms. The summed E-state index contributed by atoms with van der Waals surface area (Å²) in [5.41, 5.74) is 5.08. The molecule has 26 heavy (non-hydrogen) atoms. The lowest BCUT2D eigenvalue weighted by Gasteiger charge is -2.40. The van der Waals surface area contributed by atoms with Gasteiger partial charge in [0.1, 0.15) is 11.5 Å². The van der Waals surface area contributed by atoms with Crippen LogP contribution in [0.5, 0.6) is 5.75 Å². The van der Waals surface area contributed by atoms with Gasteiger partial charge in [-0.1, -0.05) is 56.4 Å². The molecular weight excluding hydrogens is 320 g/mol. The molecule has 2 nitrogen and oxygen atoms in total. The van der Waals surface area contributed by atoms with Crippen molar-refractivity contribution in [3.8, 4) is 5.75 Å². The molecule has 0 atom stereocenters. The summed E-state index contributed by atoms with van der Waals surface area (Å²) >= 11 is 0. The van der Waals surface area contributed by atoms with Crippen molar-refractivity contribution in [1.29, 1.82) is 0 Å². The van der Waals surface area contributed by atoms with E-state index in [2.05, 4.69) is 63.8 Å². The second-order valence-electron chi connectivity index (χ2n) is 7.85. The molecule has 134 valence electrons. The third-order valence-corrected chi connectivity index (χ3v) is 5.59. The molecular formula is C24H26O2. The maximum Gasteiger partial charge on any atom is 0.170 e. The van der Waals surface area contributed by atoms with Gasteiger partial charge in [0.25, 0.3) is 0 Å². The van der Waals surface area contributed by atoms with E-state index >= 15 is 0 Å². The number of aryl methyl sites for hydroxylation is 1. The zero-order chi connectivity index (χ0) is 18.3. The van der Waals surface area contributed by atoms with Crippen LogP contribution in [-0.4, -0.2) is 0 Å². The van der Waals surface area contributed by atoms with Gasteiger partial charge in [-0.15, -0.1) is 0 Å².